The van der Waals surface area contributed by atoms with Crippen LogP contribution in [0, 0.1) is 24.2 Å². The number of carbonyl (C=O) groups excluding carboxylic acids is 4. The molecule has 51 heavy (non-hydrogen) atoms. The van der Waals surface area contributed by atoms with Crippen LogP contribution in [0.15, 0.2) is 42.5 Å². The number of aliphatic hydroxyl groups is 2. The van der Waals surface area contributed by atoms with E-state index in [2.05, 4.69) is 27.2 Å². The molecule has 0 aromatic heterocycles. The van der Waals surface area contributed by atoms with Crippen molar-refractivity contribution in [1.82, 2.24) is 21.3 Å². The van der Waals surface area contributed by atoms with Gasteiger partial charge in [-0.15, -0.1) is 12.3 Å². The molecule has 0 heterocycles. The van der Waals surface area contributed by atoms with E-state index in [1.165, 1.54) is 0 Å². The molecule has 13 heteroatoms. The van der Waals surface area contributed by atoms with Gasteiger partial charge in [-0.05, 0) is 34.6 Å². The highest BCUT2D eigenvalue weighted by atomic mass is 16.6. The summed E-state index contributed by atoms with van der Waals surface area (Å²) in [6.45, 7) is 8.22. The Hall–Kier alpha value is -4.22. The first kappa shape index (κ1) is 42.9. The Bertz CT molecular complexity index is 1420. The lowest BCUT2D eigenvalue weighted by atomic mass is 9.95. The number of carbonyl (C=O) groups is 4. The lowest BCUT2D eigenvalue weighted by Crippen LogP contribution is -2.57. The van der Waals surface area contributed by atoms with Crippen LogP contribution in [-0.2, 0) is 35.0 Å². The van der Waals surface area contributed by atoms with Crippen molar-refractivity contribution in [3.8, 4) is 12.3 Å². The van der Waals surface area contributed by atoms with Gasteiger partial charge >= 0.3 is 6.09 Å². The monoisotopic (exact) mass is 712 g/mol. The van der Waals surface area contributed by atoms with Crippen molar-refractivity contribution in [1.29, 1.82) is 0 Å². The molecule has 2 aromatic carbocycles. The summed E-state index contributed by atoms with van der Waals surface area (Å²) in [5, 5.41) is 33.5. The van der Waals surface area contributed by atoms with Crippen LogP contribution in [0.25, 0.3) is 10.8 Å². The van der Waals surface area contributed by atoms with Gasteiger partial charge in [-0.25, -0.2) is 4.79 Å². The van der Waals surface area contributed by atoms with Crippen molar-refractivity contribution < 1.29 is 43.6 Å². The number of methoxy groups -OCH3 is 1. The minimum absolute atomic E-state index is 0.0243. The molecule has 0 radical (unpaired) electrons. The highest BCUT2D eigenvalue weighted by Crippen LogP contribution is 2.20. The predicted molar refractivity (Wildman–Crippen MR) is 194 cm³/mol. The Morgan fingerprint density at radius 2 is 1.55 bits per heavy atom. The minimum atomic E-state index is -1.26. The molecular weight excluding hydrogens is 656 g/mol. The van der Waals surface area contributed by atoms with Gasteiger partial charge in [0.15, 0.2) is 0 Å². The second-order valence-electron chi connectivity index (χ2n) is 13.0. The van der Waals surface area contributed by atoms with Crippen LogP contribution in [-0.4, -0.2) is 104 Å². The zero-order chi connectivity index (χ0) is 37.8. The van der Waals surface area contributed by atoms with Gasteiger partial charge in [-0.1, -0.05) is 76.6 Å². The Morgan fingerprint density at radius 3 is 2.22 bits per heavy atom. The number of rotatable bonds is 23. The molecule has 0 aliphatic heterocycles. The fourth-order valence-corrected chi connectivity index (χ4v) is 5.47. The van der Waals surface area contributed by atoms with E-state index in [-0.39, 0.29) is 50.9 Å². The zero-order valence-corrected chi connectivity index (χ0v) is 30.5. The summed E-state index contributed by atoms with van der Waals surface area (Å²) in [7, 11) is 1.55. The summed E-state index contributed by atoms with van der Waals surface area (Å²) in [5.41, 5.74) is 0.782. The van der Waals surface area contributed by atoms with E-state index >= 15 is 0 Å². The summed E-state index contributed by atoms with van der Waals surface area (Å²) in [6.07, 6.45) is 4.15. The van der Waals surface area contributed by atoms with Gasteiger partial charge in [0.05, 0.1) is 51.0 Å². The van der Waals surface area contributed by atoms with E-state index < -0.39 is 54.1 Å². The van der Waals surface area contributed by atoms with Gasteiger partial charge in [0, 0.05) is 20.0 Å². The van der Waals surface area contributed by atoms with Crippen LogP contribution >= 0.6 is 0 Å². The molecule has 13 nitrogen and oxygen atoms in total. The minimum Gasteiger partial charge on any atom is -0.447 e. The van der Waals surface area contributed by atoms with Crippen LogP contribution in [0.3, 0.4) is 0 Å². The molecule has 2 aromatic rings. The van der Waals surface area contributed by atoms with Crippen molar-refractivity contribution in [3.05, 3.63) is 48.0 Å². The van der Waals surface area contributed by atoms with Crippen molar-refractivity contribution in [3.63, 3.8) is 0 Å². The van der Waals surface area contributed by atoms with Crippen molar-refractivity contribution in [2.24, 2.45) is 11.8 Å². The van der Waals surface area contributed by atoms with Crippen molar-refractivity contribution in [2.45, 2.75) is 90.1 Å². The number of terminal acetylenes is 1. The van der Waals surface area contributed by atoms with Crippen molar-refractivity contribution >= 4 is 34.6 Å². The van der Waals surface area contributed by atoms with Crippen LogP contribution < -0.4 is 21.3 Å². The average Bonchev–Trinajstić information content (AvgIpc) is 3.10. The summed E-state index contributed by atoms with van der Waals surface area (Å²) in [5.74, 6) is 0.680. The number of ether oxygens (including phenoxy) is 3. The molecular formula is C38H56N4O9. The maximum Gasteiger partial charge on any atom is 0.407 e. The van der Waals surface area contributed by atoms with E-state index in [1.807, 2.05) is 70.2 Å². The maximum absolute atomic E-state index is 13.8. The molecule has 0 unspecified atom stereocenters. The van der Waals surface area contributed by atoms with E-state index in [0.717, 1.165) is 22.8 Å². The highest BCUT2D eigenvalue weighted by molar-refractivity contribution is 5.93. The molecule has 6 atom stereocenters. The zero-order valence-electron chi connectivity index (χ0n) is 30.5. The summed E-state index contributed by atoms with van der Waals surface area (Å²) >= 11 is 0. The van der Waals surface area contributed by atoms with Gasteiger partial charge in [0.1, 0.15) is 18.7 Å². The lowest BCUT2D eigenvalue weighted by molar-refractivity contribution is -0.131. The van der Waals surface area contributed by atoms with E-state index in [0.29, 0.717) is 19.6 Å². The standard InChI is InChI=1S/C38H56N4O9/c1-7-12-30(36(46)41-31(21-25(3)4)34(44)23-35(45)39-33(24-43)26(5)8-2)40-37(47)32(42-38(48)51-20-19-50-18-17-49-6)22-28-15-11-14-27-13-9-10-16-29(27)28/h1,9-11,13-16,25-26,30-34,43-44H,8,12,17-24H2,2-6H3,(H,39,45)(H,40,47)(H,41,46)(H,42,48)/t26-,30-,31-,32-,33+,34-/m0/s1. The summed E-state index contributed by atoms with van der Waals surface area (Å²) < 4.78 is 15.5. The molecule has 2 rings (SSSR count). The normalized spacial score (nSPS) is 14.7. The third-order valence-electron chi connectivity index (χ3n) is 8.55. The summed E-state index contributed by atoms with van der Waals surface area (Å²) in [4.78, 5) is 53.1. The number of benzene rings is 2. The maximum atomic E-state index is 13.8. The molecule has 0 spiro atoms. The molecule has 6 N–H and O–H groups in total. The van der Waals surface area contributed by atoms with Crippen LogP contribution in [0.1, 0.15) is 58.9 Å². The molecule has 282 valence electrons. The molecule has 0 fully saturated rings. The SMILES string of the molecule is C#CC[C@H](NC(=O)[C@H](Cc1cccc2ccccc12)NC(=O)OCCOCCOC)C(=O)N[C@@H](CC(C)C)[C@@H](O)CC(=O)N[C@H](CO)[C@@H](C)CC. The number of nitrogens with one attached hydrogen (secondary N) is 4. The number of aliphatic hydroxyl groups excluding tert-OH is 2. The van der Waals surface area contributed by atoms with Crippen LogP contribution in [0.4, 0.5) is 4.79 Å². The Kier molecular flexibility index (Phi) is 19.6. The molecule has 0 aliphatic carbocycles. The van der Waals surface area contributed by atoms with Gasteiger partial charge in [0.2, 0.25) is 17.7 Å². The number of hydrogen-bond donors (Lipinski definition) is 6. The van der Waals surface area contributed by atoms with E-state index in [9.17, 15) is 29.4 Å². The number of hydrogen-bond acceptors (Lipinski definition) is 9. The highest BCUT2D eigenvalue weighted by Gasteiger charge is 2.31. The number of alkyl carbamates (subject to hydrolysis) is 1. The summed E-state index contributed by atoms with van der Waals surface area (Å²) in [6, 6.07) is 9.59. The van der Waals surface area contributed by atoms with E-state index in [1.54, 1.807) is 7.11 Å². The van der Waals surface area contributed by atoms with Gasteiger partial charge in [-0.2, -0.15) is 0 Å². The fraction of sp³-hybridized carbons (Fsp3) is 0.579. The largest absolute Gasteiger partial charge is 0.447 e. The number of amides is 4. The molecule has 0 aliphatic rings. The average molecular weight is 713 g/mol. The Balaban J connectivity index is 2.22. The van der Waals surface area contributed by atoms with Gasteiger partial charge in [-0.3, -0.25) is 14.4 Å². The Labute approximate surface area is 301 Å². The smallest absolute Gasteiger partial charge is 0.407 e. The molecule has 4 amide bonds. The first-order chi connectivity index (χ1) is 24.4. The quantitative estimate of drug-likeness (QED) is 0.0744. The molecule has 0 saturated heterocycles. The first-order valence-electron chi connectivity index (χ1n) is 17.5. The Morgan fingerprint density at radius 1 is 0.863 bits per heavy atom. The topological polar surface area (TPSA) is 185 Å². The second-order valence-corrected chi connectivity index (χ2v) is 13.0. The van der Waals surface area contributed by atoms with E-state index in [4.69, 9.17) is 20.6 Å². The van der Waals surface area contributed by atoms with Crippen LogP contribution in [0.5, 0.6) is 0 Å². The lowest BCUT2D eigenvalue weighted by Gasteiger charge is -2.29. The van der Waals surface area contributed by atoms with Crippen molar-refractivity contribution in [2.75, 3.05) is 40.1 Å². The fourth-order valence-electron chi connectivity index (χ4n) is 5.47. The molecule has 0 saturated carbocycles. The third kappa shape index (κ3) is 15.3. The van der Waals surface area contributed by atoms with Gasteiger partial charge < -0.3 is 45.7 Å². The van der Waals surface area contributed by atoms with Crippen LogP contribution in [0.2, 0.25) is 0 Å². The number of fused-ring (bicyclic) bond motifs is 1. The second kappa shape index (κ2) is 23.3. The molecule has 0 bridgehead atoms. The van der Waals surface area contributed by atoms with Gasteiger partial charge in [0.25, 0.3) is 0 Å². The predicted octanol–water partition coefficient (Wildman–Crippen LogP) is 2.45. The first-order valence-corrected chi connectivity index (χ1v) is 17.5. The third-order valence-corrected chi connectivity index (χ3v) is 8.55.